The van der Waals surface area contributed by atoms with Crippen LogP contribution in [0.2, 0.25) is 0 Å². The maximum absolute atomic E-state index is 13.2. The van der Waals surface area contributed by atoms with Crippen LogP contribution in [-0.4, -0.2) is 20.6 Å². The summed E-state index contributed by atoms with van der Waals surface area (Å²) in [6.45, 7) is -0.658. The van der Waals surface area contributed by atoms with Crippen LogP contribution >= 0.6 is 0 Å². The summed E-state index contributed by atoms with van der Waals surface area (Å²) in [5.74, 6) is -1.20. The van der Waals surface area contributed by atoms with Crippen LogP contribution in [0.3, 0.4) is 0 Å². The number of benzene rings is 1. The highest BCUT2D eigenvalue weighted by Gasteiger charge is 2.35. The van der Waals surface area contributed by atoms with Gasteiger partial charge in [-0.1, -0.05) is 35.5 Å². The van der Waals surface area contributed by atoms with Crippen LogP contribution in [0.15, 0.2) is 51.8 Å². The third-order valence-electron chi connectivity index (χ3n) is 3.52. The van der Waals surface area contributed by atoms with Gasteiger partial charge in [0, 0.05) is 5.56 Å². The number of halogens is 3. The average molecular weight is 364 g/mol. The number of hydrogen-bond donors (Lipinski definition) is 1. The number of pyridine rings is 1. The van der Waals surface area contributed by atoms with Crippen LogP contribution in [-0.2, 0) is 12.7 Å². The molecule has 0 atom stereocenters. The molecule has 1 amide bonds. The maximum Gasteiger partial charge on any atom is 0.431 e. The van der Waals surface area contributed by atoms with Crippen LogP contribution in [0, 0.1) is 0 Å². The molecule has 0 aliphatic heterocycles. The van der Waals surface area contributed by atoms with Gasteiger partial charge in [-0.15, -0.1) is 0 Å². The standard InChI is InChI=1S/C16H11F3N4O3/c17-16(18,19)11-7-6-10(13(20)24)15(25)23(11)8-12-21-14(22-26-12)9-4-2-1-3-5-9/h1-7H,8H2,(H2,20,24). The number of amides is 1. The second-order valence-electron chi connectivity index (χ2n) is 5.26. The van der Waals surface area contributed by atoms with Crippen molar-refractivity contribution in [2.75, 3.05) is 0 Å². The lowest BCUT2D eigenvalue weighted by atomic mass is 10.2. The van der Waals surface area contributed by atoms with Gasteiger partial charge in [0.2, 0.25) is 11.7 Å². The molecule has 2 aromatic heterocycles. The normalized spacial score (nSPS) is 11.5. The predicted molar refractivity (Wildman–Crippen MR) is 83.1 cm³/mol. The summed E-state index contributed by atoms with van der Waals surface area (Å²) in [5, 5.41) is 3.69. The average Bonchev–Trinajstić information content (AvgIpc) is 3.04. The highest BCUT2D eigenvalue weighted by molar-refractivity contribution is 5.92. The number of rotatable bonds is 4. The van der Waals surface area contributed by atoms with E-state index in [2.05, 4.69) is 10.1 Å². The van der Waals surface area contributed by atoms with Gasteiger partial charge in [-0.25, -0.2) is 0 Å². The Bertz CT molecular complexity index is 1010. The lowest BCUT2D eigenvalue weighted by Crippen LogP contribution is -2.34. The first-order chi connectivity index (χ1) is 12.3. The smallest absolute Gasteiger partial charge is 0.365 e. The summed E-state index contributed by atoms with van der Waals surface area (Å²) in [7, 11) is 0. The molecule has 1 aromatic carbocycles. The van der Waals surface area contributed by atoms with Crippen LogP contribution in [0.5, 0.6) is 0 Å². The minimum Gasteiger partial charge on any atom is -0.365 e. The highest BCUT2D eigenvalue weighted by atomic mass is 19.4. The fraction of sp³-hybridized carbons (Fsp3) is 0.125. The largest absolute Gasteiger partial charge is 0.431 e. The molecular weight excluding hydrogens is 353 g/mol. The van der Waals surface area contributed by atoms with E-state index in [4.69, 9.17) is 10.3 Å². The van der Waals surface area contributed by atoms with E-state index in [0.29, 0.717) is 16.2 Å². The predicted octanol–water partition coefficient (Wildman–Crippen LogP) is 2.06. The molecule has 2 N–H and O–H groups in total. The Morgan fingerprint density at radius 2 is 1.85 bits per heavy atom. The molecule has 0 saturated carbocycles. The fourth-order valence-electron chi connectivity index (χ4n) is 2.33. The number of nitrogens with zero attached hydrogens (tertiary/aromatic N) is 3. The molecule has 0 unspecified atom stereocenters. The number of aromatic nitrogens is 3. The minimum atomic E-state index is -4.82. The lowest BCUT2D eigenvalue weighted by molar-refractivity contribution is -0.144. The third-order valence-corrected chi connectivity index (χ3v) is 3.52. The Labute approximate surface area is 143 Å². The van der Waals surface area contributed by atoms with Gasteiger partial charge in [-0.05, 0) is 12.1 Å². The van der Waals surface area contributed by atoms with Crippen molar-refractivity contribution < 1.29 is 22.5 Å². The molecule has 0 saturated heterocycles. The zero-order chi connectivity index (χ0) is 18.9. The SMILES string of the molecule is NC(=O)c1ccc(C(F)(F)F)n(Cc2nc(-c3ccccc3)no2)c1=O. The van der Waals surface area contributed by atoms with Gasteiger partial charge in [-0.3, -0.25) is 14.2 Å². The molecule has 7 nitrogen and oxygen atoms in total. The molecule has 0 fully saturated rings. The topological polar surface area (TPSA) is 104 Å². The zero-order valence-corrected chi connectivity index (χ0v) is 13.0. The minimum absolute atomic E-state index is 0.160. The zero-order valence-electron chi connectivity index (χ0n) is 13.0. The lowest BCUT2D eigenvalue weighted by Gasteiger charge is -2.14. The molecule has 3 rings (SSSR count). The molecule has 10 heteroatoms. The quantitative estimate of drug-likeness (QED) is 0.763. The van der Waals surface area contributed by atoms with Crippen molar-refractivity contribution in [1.29, 1.82) is 0 Å². The Morgan fingerprint density at radius 1 is 1.15 bits per heavy atom. The van der Waals surface area contributed by atoms with Crippen molar-refractivity contribution >= 4 is 5.91 Å². The molecule has 26 heavy (non-hydrogen) atoms. The van der Waals surface area contributed by atoms with Crippen molar-refractivity contribution in [2.24, 2.45) is 5.73 Å². The van der Waals surface area contributed by atoms with Crippen molar-refractivity contribution in [3.63, 3.8) is 0 Å². The number of nitrogens with two attached hydrogens (primary N) is 1. The number of primary amides is 1. The van der Waals surface area contributed by atoms with Crippen LogP contribution < -0.4 is 11.3 Å². The first-order valence-corrected chi connectivity index (χ1v) is 7.26. The van der Waals surface area contributed by atoms with Gasteiger partial charge >= 0.3 is 6.18 Å². The maximum atomic E-state index is 13.2. The number of carbonyl (C=O) groups is 1. The van der Waals surface area contributed by atoms with E-state index in [0.717, 1.165) is 6.07 Å². The molecule has 134 valence electrons. The Balaban J connectivity index is 2.04. The van der Waals surface area contributed by atoms with Gasteiger partial charge < -0.3 is 10.3 Å². The van der Waals surface area contributed by atoms with Crippen molar-refractivity contribution in [1.82, 2.24) is 14.7 Å². The van der Waals surface area contributed by atoms with Crippen molar-refractivity contribution in [3.05, 3.63) is 70.0 Å². The molecular formula is C16H11F3N4O3. The van der Waals surface area contributed by atoms with Crippen LogP contribution in [0.4, 0.5) is 13.2 Å². The summed E-state index contributed by atoms with van der Waals surface area (Å²) in [6, 6.07) is 9.96. The summed E-state index contributed by atoms with van der Waals surface area (Å²) < 4.78 is 44.9. The van der Waals surface area contributed by atoms with E-state index >= 15 is 0 Å². The first kappa shape index (κ1) is 17.4. The molecule has 0 aliphatic rings. The van der Waals surface area contributed by atoms with E-state index in [1.807, 2.05) is 0 Å². The number of hydrogen-bond acceptors (Lipinski definition) is 5. The van der Waals surface area contributed by atoms with Gasteiger partial charge in [0.1, 0.15) is 17.8 Å². The summed E-state index contributed by atoms with van der Waals surface area (Å²) >= 11 is 0. The molecule has 0 aliphatic carbocycles. The monoisotopic (exact) mass is 364 g/mol. The van der Waals surface area contributed by atoms with E-state index in [9.17, 15) is 22.8 Å². The van der Waals surface area contributed by atoms with E-state index in [1.165, 1.54) is 0 Å². The second kappa shape index (κ2) is 6.47. The highest BCUT2D eigenvalue weighted by Crippen LogP contribution is 2.29. The Morgan fingerprint density at radius 3 is 2.46 bits per heavy atom. The summed E-state index contributed by atoms with van der Waals surface area (Å²) in [4.78, 5) is 27.5. The molecule has 2 heterocycles. The van der Waals surface area contributed by atoms with Crippen molar-refractivity contribution in [3.8, 4) is 11.4 Å². The molecule has 3 aromatic rings. The van der Waals surface area contributed by atoms with Gasteiger partial charge in [-0.2, -0.15) is 18.2 Å². The third kappa shape index (κ3) is 3.34. The first-order valence-electron chi connectivity index (χ1n) is 7.26. The Kier molecular flexibility index (Phi) is 4.33. The summed E-state index contributed by atoms with van der Waals surface area (Å²) in [5.41, 5.74) is 2.61. The fourth-order valence-corrected chi connectivity index (χ4v) is 2.33. The van der Waals surface area contributed by atoms with E-state index in [-0.39, 0.29) is 11.7 Å². The van der Waals surface area contributed by atoms with Gasteiger partial charge in [0.05, 0.1) is 0 Å². The molecule has 0 spiro atoms. The van der Waals surface area contributed by atoms with Gasteiger partial charge in [0.15, 0.2) is 0 Å². The molecule has 0 bridgehead atoms. The van der Waals surface area contributed by atoms with E-state index in [1.54, 1.807) is 30.3 Å². The van der Waals surface area contributed by atoms with E-state index < -0.39 is 35.4 Å². The van der Waals surface area contributed by atoms with Crippen LogP contribution in [0.1, 0.15) is 21.9 Å². The number of carbonyl (C=O) groups excluding carboxylic acids is 1. The van der Waals surface area contributed by atoms with Crippen LogP contribution in [0.25, 0.3) is 11.4 Å². The van der Waals surface area contributed by atoms with Gasteiger partial charge in [0.25, 0.3) is 11.5 Å². The van der Waals surface area contributed by atoms with Crippen molar-refractivity contribution in [2.45, 2.75) is 12.7 Å². The number of alkyl halides is 3. The Hall–Kier alpha value is -3.43. The molecule has 0 radical (unpaired) electrons. The second-order valence-corrected chi connectivity index (χ2v) is 5.26. The summed E-state index contributed by atoms with van der Waals surface area (Å²) in [6.07, 6.45) is -4.82.